The number of hydrogen-bond donors (Lipinski definition) is 1. The molecule has 12 nitrogen and oxygen atoms in total. The van der Waals surface area contributed by atoms with Crippen molar-refractivity contribution in [2.75, 3.05) is 14.1 Å². The summed E-state index contributed by atoms with van der Waals surface area (Å²) in [6, 6.07) is 18.5. The van der Waals surface area contributed by atoms with Gasteiger partial charge in [0.25, 0.3) is 0 Å². The molecule has 48 heavy (non-hydrogen) atoms. The van der Waals surface area contributed by atoms with Gasteiger partial charge >= 0.3 is 0 Å². The van der Waals surface area contributed by atoms with Crippen LogP contribution in [0.5, 0.6) is 0 Å². The van der Waals surface area contributed by atoms with E-state index in [1.54, 1.807) is 30.9 Å². The zero-order valence-corrected chi connectivity index (χ0v) is 27.1. The fraction of sp³-hybridized carbons (Fsp3) is 0.222. The SMILES string of the molecule is CCC(N)c1nc(-c2ccc(C#Cc3ccccn3)cn2)no1.CCC(c1nc(-c2ccc(C#Cc3ccccn3)cn2)no1)N(C)C. The van der Waals surface area contributed by atoms with Gasteiger partial charge in [0.05, 0.1) is 12.1 Å². The van der Waals surface area contributed by atoms with Crippen molar-refractivity contribution in [2.45, 2.75) is 38.8 Å². The van der Waals surface area contributed by atoms with Crippen LogP contribution in [-0.2, 0) is 0 Å². The van der Waals surface area contributed by atoms with Crippen LogP contribution in [0.3, 0.4) is 0 Å². The molecular weight excluding hydrogens is 604 g/mol. The first-order valence-electron chi connectivity index (χ1n) is 15.3. The van der Waals surface area contributed by atoms with Gasteiger partial charge in [-0.25, -0.2) is 9.97 Å². The third-order valence-corrected chi connectivity index (χ3v) is 6.92. The summed E-state index contributed by atoms with van der Waals surface area (Å²) in [6.45, 7) is 4.05. The van der Waals surface area contributed by atoms with Crippen molar-refractivity contribution >= 4 is 0 Å². The standard InChI is InChI=1S/C19H19N5O.C17H15N5O/c1-4-17(24(2)3)19-22-18(23-25-19)16-11-9-14(13-21-16)8-10-15-7-5-6-12-20-15;1-2-14(18)17-21-16(22-23-17)15-9-7-12(11-20-15)6-8-13-5-3-4-10-19-13/h5-7,9,11-13,17H,4H2,1-3H3;3-5,7,9-11,14H,2,18H2,1H3. The van der Waals surface area contributed by atoms with E-state index in [0.29, 0.717) is 40.5 Å². The number of rotatable bonds is 7. The normalized spacial score (nSPS) is 11.7. The molecule has 0 aliphatic heterocycles. The van der Waals surface area contributed by atoms with Crippen LogP contribution in [-0.4, -0.2) is 59.2 Å². The Morgan fingerprint density at radius 3 is 1.58 bits per heavy atom. The summed E-state index contributed by atoms with van der Waals surface area (Å²) in [5.74, 6) is 14.0. The van der Waals surface area contributed by atoms with Gasteiger partial charge in [-0.05, 0) is 87.3 Å². The summed E-state index contributed by atoms with van der Waals surface area (Å²) in [7, 11) is 3.98. The Labute approximate surface area is 278 Å². The molecular formula is C36H34N10O2. The van der Waals surface area contributed by atoms with Crippen LogP contribution in [0.1, 0.15) is 73.1 Å². The smallest absolute Gasteiger partial charge is 0.244 e. The van der Waals surface area contributed by atoms with Gasteiger partial charge < -0.3 is 14.8 Å². The summed E-state index contributed by atoms with van der Waals surface area (Å²) >= 11 is 0. The molecule has 0 fully saturated rings. The van der Waals surface area contributed by atoms with Gasteiger partial charge in [0.1, 0.15) is 22.8 Å². The second kappa shape index (κ2) is 16.5. The second-order valence-electron chi connectivity index (χ2n) is 10.6. The molecule has 6 heterocycles. The number of nitrogens with two attached hydrogens (primary N) is 1. The lowest BCUT2D eigenvalue weighted by Gasteiger charge is -2.17. The highest BCUT2D eigenvalue weighted by atomic mass is 16.5. The summed E-state index contributed by atoms with van der Waals surface area (Å²) in [4.78, 5) is 27.8. The van der Waals surface area contributed by atoms with Gasteiger partial charge in [-0.1, -0.05) is 48.1 Å². The van der Waals surface area contributed by atoms with Gasteiger partial charge in [0, 0.05) is 35.9 Å². The van der Waals surface area contributed by atoms with Gasteiger partial charge in [0.2, 0.25) is 23.4 Å². The molecule has 0 saturated carbocycles. The summed E-state index contributed by atoms with van der Waals surface area (Å²) < 4.78 is 10.5. The minimum atomic E-state index is -0.250. The maximum atomic E-state index is 5.86. The monoisotopic (exact) mass is 638 g/mol. The number of aromatic nitrogens is 8. The number of pyridine rings is 4. The quantitative estimate of drug-likeness (QED) is 0.226. The van der Waals surface area contributed by atoms with E-state index in [4.69, 9.17) is 14.8 Å². The summed E-state index contributed by atoms with van der Waals surface area (Å²) in [5.41, 5.74) is 10.2. The molecule has 0 aliphatic carbocycles. The highest BCUT2D eigenvalue weighted by molar-refractivity contribution is 5.51. The molecule has 0 aliphatic rings. The molecule has 2 N–H and O–H groups in total. The predicted molar refractivity (Wildman–Crippen MR) is 179 cm³/mol. The topological polar surface area (TPSA) is 159 Å². The van der Waals surface area contributed by atoms with Crippen LogP contribution < -0.4 is 5.73 Å². The van der Waals surface area contributed by atoms with Crippen LogP contribution in [0.25, 0.3) is 23.0 Å². The zero-order chi connectivity index (χ0) is 33.7. The van der Waals surface area contributed by atoms with Gasteiger partial charge in [0.15, 0.2) is 0 Å². The molecule has 12 heteroatoms. The van der Waals surface area contributed by atoms with E-state index in [-0.39, 0.29) is 12.1 Å². The number of nitrogens with zero attached hydrogens (tertiary/aromatic N) is 9. The number of hydrogen-bond acceptors (Lipinski definition) is 12. The summed E-state index contributed by atoms with van der Waals surface area (Å²) in [5, 5.41) is 7.94. The van der Waals surface area contributed by atoms with Crippen LogP contribution in [0.15, 0.2) is 94.5 Å². The van der Waals surface area contributed by atoms with Crippen LogP contribution in [0, 0.1) is 23.7 Å². The Morgan fingerprint density at radius 2 is 1.17 bits per heavy atom. The summed E-state index contributed by atoms with van der Waals surface area (Å²) in [6.07, 6.45) is 8.42. The minimum Gasteiger partial charge on any atom is -0.337 e. The van der Waals surface area contributed by atoms with E-state index in [1.165, 1.54) is 0 Å². The van der Waals surface area contributed by atoms with Crippen molar-refractivity contribution in [3.63, 3.8) is 0 Å². The molecule has 0 saturated heterocycles. The van der Waals surface area contributed by atoms with Crippen molar-refractivity contribution in [1.29, 1.82) is 0 Å². The van der Waals surface area contributed by atoms with Crippen molar-refractivity contribution < 1.29 is 9.05 Å². The van der Waals surface area contributed by atoms with Crippen LogP contribution >= 0.6 is 0 Å². The molecule has 0 aromatic carbocycles. The van der Waals surface area contributed by atoms with Crippen molar-refractivity contribution in [2.24, 2.45) is 5.73 Å². The molecule has 2 unspecified atom stereocenters. The van der Waals surface area contributed by atoms with Gasteiger partial charge in [-0.15, -0.1) is 0 Å². The predicted octanol–water partition coefficient (Wildman–Crippen LogP) is 5.28. The van der Waals surface area contributed by atoms with E-state index in [9.17, 15) is 0 Å². The maximum absolute atomic E-state index is 5.86. The van der Waals surface area contributed by atoms with Crippen molar-refractivity contribution in [3.05, 3.63) is 120 Å². The minimum absolute atomic E-state index is 0.102. The Balaban J connectivity index is 0.000000188. The fourth-order valence-corrected chi connectivity index (χ4v) is 4.25. The first-order valence-corrected chi connectivity index (χ1v) is 15.3. The Kier molecular flexibility index (Phi) is 11.4. The Hall–Kier alpha value is -6.08. The lowest BCUT2D eigenvalue weighted by Crippen LogP contribution is -2.19. The first kappa shape index (κ1) is 33.3. The molecule has 6 rings (SSSR count). The van der Waals surface area contributed by atoms with E-state index < -0.39 is 0 Å². The first-order chi connectivity index (χ1) is 23.4. The second-order valence-corrected chi connectivity index (χ2v) is 10.6. The Bertz CT molecular complexity index is 2000. The van der Waals surface area contributed by atoms with E-state index >= 15 is 0 Å². The molecule has 0 amide bonds. The van der Waals surface area contributed by atoms with E-state index in [1.807, 2.05) is 75.6 Å². The van der Waals surface area contributed by atoms with E-state index in [2.05, 4.69) is 75.7 Å². The van der Waals surface area contributed by atoms with Crippen LogP contribution in [0.4, 0.5) is 0 Å². The fourth-order valence-electron chi connectivity index (χ4n) is 4.25. The van der Waals surface area contributed by atoms with Crippen LogP contribution in [0.2, 0.25) is 0 Å². The molecule has 0 bridgehead atoms. The molecule has 2 atom stereocenters. The molecule has 0 radical (unpaired) electrons. The molecule has 240 valence electrons. The molecule has 6 aromatic rings. The van der Waals surface area contributed by atoms with Gasteiger partial charge in [-0.3, -0.25) is 14.9 Å². The highest BCUT2D eigenvalue weighted by Gasteiger charge is 2.20. The lowest BCUT2D eigenvalue weighted by molar-refractivity contribution is 0.224. The lowest BCUT2D eigenvalue weighted by atomic mass is 10.2. The third kappa shape index (κ3) is 9.01. The zero-order valence-electron chi connectivity index (χ0n) is 27.1. The average Bonchev–Trinajstić information content (AvgIpc) is 3.83. The largest absolute Gasteiger partial charge is 0.337 e. The van der Waals surface area contributed by atoms with Crippen molar-refractivity contribution in [1.82, 2.24) is 45.1 Å². The van der Waals surface area contributed by atoms with Gasteiger partial charge in [-0.2, -0.15) is 9.97 Å². The molecule has 6 aromatic heterocycles. The third-order valence-electron chi connectivity index (χ3n) is 6.92. The van der Waals surface area contributed by atoms with Crippen molar-refractivity contribution in [3.8, 4) is 46.7 Å². The molecule has 0 spiro atoms. The average molecular weight is 639 g/mol. The Morgan fingerprint density at radius 1 is 0.646 bits per heavy atom. The maximum Gasteiger partial charge on any atom is 0.244 e. The van der Waals surface area contributed by atoms with E-state index in [0.717, 1.165) is 29.7 Å². The highest BCUT2D eigenvalue weighted by Crippen LogP contribution is 2.22.